The summed E-state index contributed by atoms with van der Waals surface area (Å²) in [6, 6.07) is 8.14. The Morgan fingerprint density at radius 3 is 2.28 bits per heavy atom. The van der Waals surface area contributed by atoms with Crippen LogP contribution in [0, 0.1) is 5.92 Å². The van der Waals surface area contributed by atoms with Crippen LogP contribution >= 0.6 is 0 Å². The van der Waals surface area contributed by atoms with Gasteiger partial charge in [0, 0.05) is 64.3 Å². The van der Waals surface area contributed by atoms with Crippen LogP contribution in [0.4, 0.5) is 0 Å². The maximum Gasteiger partial charge on any atom is 0.248 e. The molecule has 6 heteroatoms. The monoisotopic (exact) mass is 344 g/mol. The van der Waals surface area contributed by atoms with Crippen molar-refractivity contribution in [2.45, 2.75) is 26.4 Å². The van der Waals surface area contributed by atoms with E-state index < -0.39 is 0 Å². The van der Waals surface area contributed by atoms with Crippen LogP contribution in [0.1, 0.15) is 29.8 Å². The van der Waals surface area contributed by atoms with Crippen LogP contribution in [0.3, 0.4) is 0 Å². The van der Waals surface area contributed by atoms with Crippen molar-refractivity contribution in [1.29, 1.82) is 0 Å². The summed E-state index contributed by atoms with van der Waals surface area (Å²) in [6.45, 7) is 10.6. The zero-order valence-corrected chi connectivity index (χ0v) is 15.1. The molecule has 0 spiro atoms. The fraction of sp³-hybridized carbons (Fsp3) is 0.579. The number of primary amides is 1. The third kappa shape index (κ3) is 4.19. The molecule has 2 atom stereocenters. The number of rotatable bonds is 4. The number of hydrogen-bond acceptors (Lipinski definition) is 4. The second-order valence-corrected chi connectivity index (χ2v) is 7.34. The van der Waals surface area contributed by atoms with E-state index in [1.807, 2.05) is 17.0 Å². The Morgan fingerprint density at radius 2 is 1.72 bits per heavy atom. The van der Waals surface area contributed by atoms with E-state index in [0.717, 1.165) is 45.8 Å². The summed E-state index contributed by atoms with van der Waals surface area (Å²) in [4.78, 5) is 29.6. The van der Waals surface area contributed by atoms with Crippen LogP contribution in [-0.2, 0) is 11.3 Å². The van der Waals surface area contributed by atoms with Gasteiger partial charge in [0.1, 0.15) is 0 Å². The Kier molecular flexibility index (Phi) is 5.39. The maximum atomic E-state index is 11.5. The summed E-state index contributed by atoms with van der Waals surface area (Å²) in [5.41, 5.74) is 7.06. The average molecular weight is 344 g/mol. The predicted octanol–water partition coefficient (Wildman–Crippen LogP) is 0.770. The summed E-state index contributed by atoms with van der Waals surface area (Å²) in [7, 11) is 0. The second kappa shape index (κ2) is 7.54. The topological polar surface area (TPSA) is 69.9 Å². The number of piperazine rings is 1. The van der Waals surface area contributed by atoms with E-state index in [9.17, 15) is 9.59 Å². The van der Waals surface area contributed by atoms with Crippen molar-refractivity contribution in [2.75, 3.05) is 39.3 Å². The van der Waals surface area contributed by atoms with E-state index in [-0.39, 0.29) is 11.8 Å². The number of carbonyl (C=O) groups excluding carboxylic acids is 2. The molecule has 1 aromatic rings. The van der Waals surface area contributed by atoms with Gasteiger partial charge >= 0.3 is 0 Å². The Hall–Kier alpha value is -1.92. The van der Waals surface area contributed by atoms with Crippen LogP contribution in [0.5, 0.6) is 0 Å². The highest BCUT2D eigenvalue weighted by molar-refractivity contribution is 5.92. The highest BCUT2D eigenvalue weighted by atomic mass is 16.2. The summed E-state index contributed by atoms with van der Waals surface area (Å²) in [6.07, 6.45) is 0. The van der Waals surface area contributed by atoms with Crippen LogP contribution in [0.2, 0.25) is 0 Å². The van der Waals surface area contributed by atoms with Gasteiger partial charge in [-0.3, -0.25) is 19.4 Å². The fourth-order valence-corrected chi connectivity index (χ4v) is 4.05. The highest BCUT2D eigenvalue weighted by Crippen LogP contribution is 2.24. The van der Waals surface area contributed by atoms with Gasteiger partial charge in [-0.25, -0.2) is 0 Å². The molecular weight excluding hydrogens is 316 g/mol. The molecule has 6 nitrogen and oxygen atoms in total. The number of nitrogens with zero attached hydrogens (tertiary/aromatic N) is 3. The van der Waals surface area contributed by atoms with Gasteiger partial charge in [-0.1, -0.05) is 19.1 Å². The fourth-order valence-electron chi connectivity index (χ4n) is 4.05. The van der Waals surface area contributed by atoms with E-state index in [1.54, 1.807) is 19.1 Å². The molecular formula is C19H28N4O2. The van der Waals surface area contributed by atoms with E-state index in [1.165, 1.54) is 5.56 Å². The van der Waals surface area contributed by atoms with Gasteiger partial charge in [0.05, 0.1) is 0 Å². The molecule has 3 rings (SSSR count). The first-order chi connectivity index (χ1) is 11.9. The Labute approximate surface area is 149 Å². The molecule has 2 fully saturated rings. The van der Waals surface area contributed by atoms with E-state index >= 15 is 0 Å². The lowest BCUT2D eigenvalue weighted by Crippen LogP contribution is -2.53. The van der Waals surface area contributed by atoms with Gasteiger partial charge in [-0.05, 0) is 23.6 Å². The molecule has 0 bridgehead atoms. The summed E-state index contributed by atoms with van der Waals surface area (Å²) in [5, 5.41) is 0. The summed E-state index contributed by atoms with van der Waals surface area (Å²) in [5.74, 6) is 0.417. The Balaban J connectivity index is 1.54. The minimum absolute atomic E-state index is 0.181. The van der Waals surface area contributed by atoms with Crippen molar-refractivity contribution in [1.82, 2.24) is 14.7 Å². The first-order valence-electron chi connectivity index (χ1n) is 9.04. The third-order valence-corrected chi connectivity index (χ3v) is 5.52. The minimum Gasteiger partial charge on any atom is -0.366 e. The number of nitrogens with two attached hydrogens (primary N) is 1. The molecule has 1 aromatic carbocycles. The molecule has 2 aliphatic heterocycles. The largest absolute Gasteiger partial charge is 0.366 e. The normalized spacial score (nSPS) is 25.3. The first-order valence-corrected chi connectivity index (χ1v) is 9.04. The number of amides is 2. The van der Waals surface area contributed by atoms with Gasteiger partial charge in [0.25, 0.3) is 0 Å². The van der Waals surface area contributed by atoms with Crippen molar-refractivity contribution >= 4 is 11.8 Å². The quantitative estimate of drug-likeness (QED) is 0.876. The van der Waals surface area contributed by atoms with Crippen LogP contribution in [0.25, 0.3) is 0 Å². The molecule has 2 N–H and O–H groups in total. The Morgan fingerprint density at radius 1 is 1.08 bits per heavy atom. The summed E-state index contributed by atoms with van der Waals surface area (Å²) < 4.78 is 0. The molecule has 2 aliphatic rings. The van der Waals surface area contributed by atoms with Crippen molar-refractivity contribution in [3.63, 3.8) is 0 Å². The smallest absolute Gasteiger partial charge is 0.248 e. The lowest BCUT2D eigenvalue weighted by Gasteiger charge is -2.39. The molecule has 2 amide bonds. The van der Waals surface area contributed by atoms with Crippen LogP contribution in [0.15, 0.2) is 24.3 Å². The van der Waals surface area contributed by atoms with Crippen molar-refractivity contribution in [2.24, 2.45) is 11.7 Å². The molecule has 2 saturated heterocycles. The lowest BCUT2D eigenvalue weighted by molar-refractivity contribution is -0.130. The first kappa shape index (κ1) is 17.9. The molecule has 2 unspecified atom stereocenters. The van der Waals surface area contributed by atoms with Gasteiger partial charge in [-0.15, -0.1) is 0 Å². The summed E-state index contributed by atoms with van der Waals surface area (Å²) >= 11 is 0. The second-order valence-electron chi connectivity index (χ2n) is 7.34. The predicted molar refractivity (Wildman–Crippen MR) is 97.0 cm³/mol. The van der Waals surface area contributed by atoms with E-state index in [2.05, 4.69) is 16.7 Å². The molecule has 0 saturated carbocycles. The van der Waals surface area contributed by atoms with Crippen LogP contribution in [-0.4, -0.2) is 71.8 Å². The van der Waals surface area contributed by atoms with E-state index in [0.29, 0.717) is 17.5 Å². The Bertz CT molecular complexity index is 623. The zero-order valence-electron chi connectivity index (χ0n) is 15.1. The standard InChI is InChI=1S/C19H28N4O2/c1-14-11-21(12-16-3-5-17(6-4-16)19(20)25)13-18(14)23-9-7-22(8-10-23)15(2)24/h3-6,14,18H,7-13H2,1-2H3,(H2,20,25). The zero-order chi connectivity index (χ0) is 18.0. The van der Waals surface area contributed by atoms with Gasteiger partial charge in [-0.2, -0.15) is 0 Å². The number of carbonyl (C=O) groups is 2. The van der Waals surface area contributed by atoms with Gasteiger partial charge < -0.3 is 10.6 Å². The number of likely N-dealkylation sites (tertiary alicyclic amines) is 1. The molecule has 25 heavy (non-hydrogen) atoms. The minimum atomic E-state index is -0.383. The molecule has 0 aliphatic carbocycles. The average Bonchev–Trinajstić information content (AvgIpc) is 2.95. The van der Waals surface area contributed by atoms with Gasteiger partial charge in [0.2, 0.25) is 11.8 Å². The number of hydrogen-bond donors (Lipinski definition) is 1. The van der Waals surface area contributed by atoms with Crippen LogP contribution < -0.4 is 5.73 Å². The SMILES string of the molecule is CC(=O)N1CCN(C2CN(Cc3ccc(C(N)=O)cc3)CC2C)CC1. The maximum absolute atomic E-state index is 11.5. The number of benzene rings is 1. The molecule has 136 valence electrons. The highest BCUT2D eigenvalue weighted by Gasteiger charge is 2.35. The van der Waals surface area contributed by atoms with Crippen molar-refractivity contribution < 1.29 is 9.59 Å². The lowest BCUT2D eigenvalue weighted by atomic mass is 10.0. The van der Waals surface area contributed by atoms with Gasteiger partial charge in [0.15, 0.2) is 0 Å². The van der Waals surface area contributed by atoms with Crippen molar-refractivity contribution in [3.05, 3.63) is 35.4 Å². The molecule has 0 aromatic heterocycles. The molecule has 2 heterocycles. The third-order valence-electron chi connectivity index (χ3n) is 5.52. The van der Waals surface area contributed by atoms with E-state index in [4.69, 9.17) is 5.73 Å². The molecule has 0 radical (unpaired) electrons. The van der Waals surface area contributed by atoms with Crippen molar-refractivity contribution in [3.8, 4) is 0 Å².